The van der Waals surface area contributed by atoms with Crippen molar-refractivity contribution in [1.82, 2.24) is 34.6 Å². The van der Waals surface area contributed by atoms with Crippen molar-refractivity contribution in [3.8, 4) is 22.8 Å². The molecule has 3 aromatic carbocycles. The molecule has 12 heteroatoms. The molecule has 49 heavy (non-hydrogen) atoms. The molecular weight excluding hydrogens is 640 g/mol. The Morgan fingerprint density at radius 1 is 1.00 bits per heavy atom. The number of urea groups is 1. The zero-order valence-corrected chi connectivity index (χ0v) is 28.9. The summed E-state index contributed by atoms with van der Waals surface area (Å²) in [4.78, 5) is 17.3. The molecule has 0 saturated carbocycles. The van der Waals surface area contributed by atoms with E-state index in [1.54, 1.807) is 9.08 Å². The zero-order chi connectivity index (χ0) is 34.7. The number of anilines is 1. The van der Waals surface area contributed by atoms with E-state index in [-0.39, 0.29) is 29.3 Å². The van der Waals surface area contributed by atoms with Crippen LogP contribution < -0.4 is 10.6 Å². The number of phenolic OH excluding ortho intramolecular Hbond substituents is 1. The van der Waals surface area contributed by atoms with E-state index in [9.17, 15) is 14.3 Å². The number of benzene rings is 3. The molecule has 3 heterocycles. The van der Waals surface area contributed by atoms with Crippen molar-refractivity contribution in [2.24, 2.45) is 0 Å². The third kappa shape index (κ3) is 7.60. The Morgan fingerprint density at radius 3 is 2.61 bits per heavy atom. The Kier molecular flexibility index (Phi) is 9.70. The van der Waals surface area contributed by atoms with E-state index in [1.807, 2.05) is 74.9 Å². The first kappa shape index (κ1) is 33.7. The number of carbonyl (C=O) groups excluding carboxylic acids is 1. The predicted octanol–water partition coefficient (Wildman–Crippen LogP) is 7.65. The fourth-order valence-electron chi connectivity index (χ4n) is 5.35. The van der Waals surface area contributed by atoms with Gasteiger partial charge in [0.1, 0.15) is 17.4 Å². The SMILES string of the molecule is CCC(C)(C)c1cc(NC(=O)NCc2ccccc2Sc2ccc3nnc(-c4cc(F)ccc4O)n3c2)n(-c2cccc(CN(C)C)c2)n1. The Labute approximate surface area is 289 Å². The van der Waals surface area contributed by atoms with E-state index in [1.165, 1.54) is 30.0 Å². The first-order valence-corrected chi connectivity index (χ1v) is 16.8. The number of aromatic nitrogens is 5. The molecular formula is C37H39FN8O2S. The van der Waals surface area contributed by atoms with Gasteiger partial charge in [0.2, 0.25) is 0 Å². The van der Waals surface area contributed by atoms with Crippen molar-refractivity contribution in [3.63, 3.8) is 0 Å². The van der Waals surface area contributed by atoms with Crippen LogP contribution in [0.5, 0.6) is 5.75 Å². The second-order valence-corrected chi connectivity index (χ2v) is 13.9. The highest BCUT2D eigenvalue weighted by atomic mass is 32.2. The standard InChI is InChI=1S/C37H39FN8O2S/c1-6-37(2,3)32-20-34(46(43-32)27-12-9-10-24(18-27)22-44(4)5)40-36(48)39-21-25-11-7-8-13-31(25)49-28-15-17-33-41-42-35(45(33)23-28)29-19-26(38)14-16-30(29)47/h7-20,23,47H,6,21-22H2,1-5H3,(H2,39,40,48). The van der Waals surface area contributed by atoms with E-state index in [0.717, 1.165) is 45.3 Å². The summed E-state index contributed by atoms with van der Waals surface area (Å²) in [5, 5.41) is 29.7. The van der Waals surface area contributed by atoms with Crippen molar-refractivity contribution >= 4 is 29.3 Å². The van der Waals surface area contributed by atoms with Crippen molar-refractivity contribution < 1.29 is 14.3 Å². The predicted molar refractivity (Wildman–Crippen MR) is 191 cm³/mol. The van der Waals surface area contributed by atoms with Crippen molar-refractivity contribution in [2.45, 2.75) is 55.5 Å². The molecule has 0 atom stereocenters. The van der Waals surface area contributed by atoms with Crippen molar-refractivity contribution in [1.29, 1.82) is 0 Å². The summed E-state index contributed by atoms with van der Waals surface area (Å²) in [5.41, 5.74) is 4.46. The highest BCUT2D eigenvalue weighted by molar-refractivity contribution is 7.99. The number of carbonyl (C=O) groups is 1. The molecule has 0 bridgehead atoms. The fourth-order valence-corrected chi connectivity index (χ4v) is 6.31. The Bertz CT molecular complexity index is 2120. The first-order chi connectivity index (χ1) is 23.5. The molecule has 0 spiro atoms. The van der Waals surface area contributed by atoms with Gasteiger partial charge in [-0.25, -0.2) is 13.9 Å². The summed E-state index contributed by atoms with van der Waals surface area (Å²) in [7, 11) is 4.06. The number of fused-ring (bicyclic) bond motifs is 1. The van der Waals surface area contributed by atoms with E-state index in [2.05, 4.69) is 58.6 Å². The van der Waals surface area contributed by atoms with E-state index in [0.29, 0.717) is 17.3 Å². The van der Waals surface area contributed by atoms with E-state index >= 15 is 0 Å². The number of rotatable bonds is 11. The Morgan fingerprint density at radius 2 is 1.82 bits per heavy atom. The van der Waals surface area contributed by atoms with Crippen molar-refractivity contribution in [3.05, 3.63) is 114 Å². The maximum absolute atomic E-state index is 14.0. The number of aromatic hydroxyl groups is 1. The summed E-state index contributed by atoms with van der Waals surface area (Å²) >= 11 is 1.51. The van der Waals surface area contributed by atoms with Crippen LogP contribution in [0.1, 0.15) is 44.0 Å². The number of pyridine rings is 1. The molecule has 6 rings (SSSR count). The van der Waals surface area contributed by atoms with Gasteiger partial charge < -0.3 is 15.3 Å². The fraction of sp³-hybridized carbons (Fsp3) is 0.243. The molecule has 2 amide bonds. The summed E-state index contributed by atoms with van der Waals surface area (Å²) in [6, 6.07) is 25.1. The second-order valence-electron chi connectivity index (χ2n) is 12.8. The lowest BCUT2D eigenvalue weighted by molar-refractivity contribution is 0.251. The van der Waals surface area contributed by atoms with Crippen LogP contribution in [0.3, 0.4) is 0 Å². The number of halogens is 1. The van der Waals surface area contributed by atoms with Crippen LogP contribution >= 0.6 is 11.8 Å². The third-order valence-corrected chi connectivity index (χ3v) is 9.49. The molecule has 0 fully saturated rings. The molecule has 3 aromatic heterocycles. The summed E-state index contributed by atoms with van der Waals surface area (Å²) < 4.78 is 17.5. The molecule has 0 aliphatic heterocycles. The molecule has 10 nitrogen and oxygen atoms in total. The monoisotopic (exact) mass is 678 g/mol. The number of hydrogen-bond donors (Lipinski definition) is 3. The molecule has 0 unspecified atom stereocenters. The van der Waals surface area contributed by atoms with Crippen LogP contribution in [0.2, 0.25) is 0 Å². The average Bonchev–Trinajstić information content (AvgIpc) is 3.70. The van der Waals surface area contributed by atoms with Gasteiger partial charge >= 0.3 is 6.03 Å². The minimum Gasteiger partial charge on any atom is -0.507 e. The highest BCUT2D eigenvalue weighted by Crippen LogP contribution is 2.34. The van der Waals surface area contributed by atoms with Gasteiger partial charge in [-0.2, -0.15) is 5.10 Å². The summed E-state index contributed by atoms with van der Waals surface area (Å²) in [6.07, 6.45) is 2.74. The van der Waals surface area contributed by atoms with Gasteiger partial charge in [-0.3, -0.25) is 9.72 Å². The lowest BCUT2D eigenvalue weighted by atomic mass is 9.87. The average molecular weight is 679 g/mol. The quantitative estimate of drug-likeness (QED) is 0.129. The molecule has 252 valence electrons. The van der Waals surface area contributed by atoms with Gasteiger partial charge in [0.25, 0.3) is 0 Å². The van der Waals surface area contributed by atoms with Gasteiger partial charge in [0.15, 0.2) is 11.5 Å². The van der Waals surface area contributed by atoms with Crippen molar-refractivity contribution in [2.75, 3.05) is 19.4 Å². The third-order valence-electron chi connectivity index (χ3n) is 8.40. The molecule has 0 radical (unpaired) electrons. The molecule has 6 aromatic rings. The molecule has 3 N–H and O–H groups in total. The van der Waals surface area contributed by atoms with Gasteiger partial charge in [0.05, 0.1) is 16.9 Å². The van der Waals surface area contributed by atoms with Gasteiger partial charge in [-0.05, 0) is 80.2 Å². The topological polar surface area (TPSA) is 113 Å². The Balaban J connectivity index is 1.20. The number of nitrogens with one attached hydrogen (secondary N) is 2. The normalized spacial score (nSPS) is 11.7. The highest BCUT2D eigenvalue weighted by Gasteiger charge is 2.25. The van der Waals surface area contributed by atoms with Crippen LogP contribution in [0.15, 0.2) is 101 Å². The number of amides is 2. The van der Waals surface area contributed by atoms with E-state index in [4.69, 9.17) is 5.10 Å². The largest absolute Gasteiger partial charge is 0.507 e. The molecule has 0 aliphatic rings. The van der Waals surface area contributed by atoms with Gasteiger partial charge in [-0.15, -0.1) is 10.2 Å². The van der Waals surface area contributed by atoms with Crippen LogP contribution in [0.4, 0.5) is 15.0 Å². The molecule has 0 aliphatic carbocycles. The second kappa shape index (κ2) is 14.1. The van der Waals surface area contributed by atoms with Gasteiger partial charge in [-0.1, -0.05) is 62.9 Å². The molecule has 0 saturated heterocycles. The van der Waals surface area contributed by atoms with Crippen LogP contribution in [0.25, 0.3) is 22.7 Å². The summed E-state index contributed by atoms with van der Waals surface area (Å²) in [5.74, 6) is 0.343. The number of phenols is 1. The number of hydrogen-bond acceptors (Lipinski definition) is 7. The lowest BCUT2D eigenvalue weighted by Gasteiger charge is -2.19. The first-order valence-electron chi connectivity index (χ1n) is 16.0. The smallest absolute Gasteiger partial charge is 0.320 e. The zero-order valence-electron chi connectivity index (χ0n) is 28.1. The van der Waals surface area contributed by atoms with Crippen LogP contribution in [-0.4, -0.2) is 54.5 Å². The van der Waals surface area contributed by atoms with Crippen LogP contribution in [-0.2, 0) is 18.5 Å². The van der Waals surface area contributed by atoms with E-state index < -0.39 is 5.82 Å². The lowest BCUT2D eigenvalue weighted by Crippen LogP contribution is -2.29. The number of nitrogens with zero attached hydrogens (tertiary/aromatic N) is 6. The maximum atomic E-state index is 14.0. The van der Waals surface area contributed by atoms with Gasteiger partial charge in [0, 0.05) is 40.6 Å². The maximum Gasteiger partial charge on any atom is 0.320 e. The van der Waals surface area contributed by atoms with Crippen LogP contribution in [0, 0.1) is 5.82 Å². The summed E-state index contributed by atoms with van der Waals surface area (Å²) in [6.45, 7) is 7.49. The Hall–Kier alpha value is -5.20. The minimum absolute atomic E-state index is 0.0883. The minimum atomic E-state index is -0.482.